The van der Waals surface area contributed by atoms with Crippen LogP contribution >= 0.6 is 11.3 Å². The number of rotatable bonds is 4. The van der Waals surface area contributed by atoms with Crippen molar-refractivity contribution >= 4 is 39.5 Å². The van der Waals surface area contributed by atoms with Crippen molar-refractivity contribution in [2.24, 2.45) is 11.8 Å². The third kappa shape index (κ3) is 2.89. The van der Waals surface area contributed by atoms with E-state index in [1.54, 1.807) is 17.0 Å². The van der Waals surface area contributed by atoms with Crippen molar-refractivity contribution in [1.82, 2.24) is 9.21 Å². The number of carbonyl (C=O) groups is 3. The van der Waals surface area contributed by atoms with Gasteiger partial charge in [-0.1, -0.05) is 13.8 Å². The molecular formula is C16H20N2O5S2. The van der Waals surface area contributed by atoms with Crippen molar-refractivity contribution in [1.29, 1.82) is 0 Å². The van der Waals surface area contributed by atoms with Crippen LogP contribution in [0, 0.1) is 11.8 Å². The number of fused-ring (bicyclic) bond motifs is 1. The largest absolute Gasteiger partial charge is 0.332 e. The Morgan fingerprint density at radius 3 is 2.56 bits per heavy atom. The maximum Gasteiger partial charge on any atom is 0.264 e. The molecule has 2 saturated heterocycles. The summed E-state index contributed by atoms with van der Waals surface area (Å²) in [6, 6.07) is 2.21. The van der Waals surface area contributed by atoms with Crippen molar-refractivity contribution in [2.45, 2.75) is 32.4 Å². The number of likely N-dealkylation sites (tertiary alicyclic amines) is 1. The van der Waals surface area contributed by atoms with Crippen molar-refractivity contribution in [3.8, 4) is 0 Å². The van der Waals surface area contributed by atoms with E-state index in [1.807, 2.05) is 13.8 Å². The first-order valence-electron chi connectivity index (χ1n) is 8.06. The van der Waals surface area contributed by atoms with Crippen molar-refractivity contribution < 1.29 is 22.8 Å². The summed E-state index contributed by atoms with van der Waals surface area (Å²) in [5, 5.41) is 0. The van der Waals surface area contributed by atoms with Crippen LogP contribution in [0.1, 0.15) is 39.6 Å². The van der Waals surface area contributed by atoms with Crippen LogP contribution in [0.25, 0.3) is 0 Å². The molecule has 2 amide bonds. The molecule has 0 N–H and O–H groups in total. The van der Waals surface area contributed by atoms with E-state index in [9.17, 15) is 22.8 Å². The molecule has 0 bridgehead atoms. The molecule has 2 aliphatic rings. The van der Waals surface area contributed by atoms with Gasteiger partial charge in [-0.3, -0.25) is 14.4 Å². The number of hydrogen-bond donors (Lipinski definition) is 0. The van der Waals surface area contributed by atoms with Crippen LogP contribution in [-0.4, -0.2) is 60.6 Å². The predicted molar refractivity (Wildman–Crippen MR) is 93.0 cm³/mol. The lowest BCUT2D eigenvalue weighted by molar-refractivity contribution is -0.129. The summed E-state index contributed by atoms with van der Waals surface area (Å²) >= 11 is 1.10. The van der Waals surface area contributed by atoms with Crippen molar-refractivity contribution in [3.63, 3.8) is 0 Å². The van der Waals surface area contributed by atoms with Gasteiger partial charge < -0.3 is 4.90 Å². The number of carbonyl (C=O) groups excluding carboxylic acids is 3. The molecule has 0 aliphatic carbocycles. The molecule has 7 nitrogen and oxygen atoms in total. The fraction of sp³-hybridized carbons (Fsp3) is 0.562. The minimum Gasteiger partial charge on any atom is -0.332 e. The Labute approximate surface area is 150 Å². The second kappa shape index (κ2) is 6.21. The smallest absolute Gasteiger partial charge is 0.264 e. The molecule has 0 radical (unpaired) electrons. The fourth-order valence-electron chi connectivity index (χ4n) is 3.94. The zero-order chi connectivity index (χ0) is 18.5. The molecule has 2 fully saturated rings. The third-order valence-electron chi connectivity index (χ3n) is 4.88. The Morgan fingerprint density at radius 2 is 2.04 bits per heavy atom. The zero-order valence-electron chi connectivity index (χ0n) is 14.2. The standard InChI is InChI=1S/C16H20N2O5S2/c1-9(2)13-14-11(18(16(13)21)25(3,22)23)6-7-17(14)15(20)12-5-4-10(8-19)24-12/h4-5,8-9,11,13-14H,6-7H2,1-3H3. The molecule has 0 aromatic carbocycles. The van der Waals surface area contributed by atoms with Gasteiger partial charge in [0.1, 0.15) is 0 Å². The first-order chi connectivity index (χ1) is 11.7. The van der Waals surface area contributed by atoms with Gasteiger partial charge in [-0.15, -0.1) is 11.3 Å². The van der Waals surface area contributed by atoms with Gasteiger partial charge in [0.15, 0.2) is 6.29 Å². The molecule has 1 aromatic rings. The van der Waals surface area contributed by atoms with Gasteiger partial charge in [0.2, 0.25) is 15.9 Å². The van der Waals surface area contributed by atoms with Crippen LogP contribution in [-0.2, 0) is 14.8 Å². The SMILES string of the molecule is CC(C)C1C(=O)N(S(C)(=O)=O)C2CCN(C(=O)c3ccc(C=O)s3)C12. The molecule has 3 unspecified atom stereocenters. The lowest BCUT2D eigenvalue weighted by Crippen LogP contribution is -2.44. The van der Waals surface area contributed by atoms with Crippen LogP contribution < -0.4 is 0 Å². The maximum absolute atomic E-state index is 12.9. The van der Waals surface area contributed by atoms with Gasteiger partial charge in [0.05, 0.1) is 34.0 Å². The molecule has 25 heavy (non-hydrogen) atoms. The predicted octanol–water partition coefficient (Wildman–Crippen LogP) is 1.22. The van der Waals surface area contributed by atoms with E-state index in [0.717, 1.165) is 21.9 Å². The molecule has 136 valence electrons. The number of aldehydes is 1. The molecule has 9 heteroatoms. The summed E-state index contributed by atoms with van der Waals surface area (Å²) in [6.45, 7) is 4.12. The first kappa shape index (κ1) is 18.1. The monoisotopic (exact) mass is 384 g/mol. The number of amides is 2. The number of nitrogens with zero attached hydrogens (tertiary/aromatic N) is 2. The van der Waals surface area contributed by atoms with Crippen molar-refractivity contribution in [3.05, 3.63) is 21.9 Å². The van der Waals surface area contributed by atoms with Gasteiger partial charge in [-0.25, -0.2) is 12.7 Å². The van der Waals surface area contributed by atoms with E-state index >= 15 is 0 Å². The Kier molecular flexibility index (Phi) is 4.48. The second-order valence-electron chi connectivity index (χ2n) is 6.83. The van der Waals surface area contributed by atoms with E-state index in [4.69, 9.17) is 0 Å². The minimum atomic E-state index is -3.68. The maximum atomic E-state index is 12.9. The zero-order valence-corrected chi connectivity index (χ0v) is 15.8. The third-order valence-corrected chi connectivity index (χ3v) is 7.05. The normalized spacial score (nSPS) is 26.4. The highest BCUT2D eigenvalue weighted by atomic mass is 32.2. The van der Waals surface area contributed by atoms with Crippen molar-refractivity contribution in [2.75, 3.05) is 12.8 Å². The van der Waals surface area contributed by atoms with E-state index in [2.05, 4.69) is 0 Å². The topological polar surface area (TPSA) is 91.8 Å². The lowest BCUT2D eigenvalue weighted by Gasteiger charge is -2.28. The number of thiophene rings is 1. The summed E-state index contributed by atoms with van der Waals surface area (Å²) < 4.78 is 25.2. The van der Waals surface area contributed by atoms with Gasteiger partial charge in [0.25, 0.3) is 5.91 Å². The van der Waals surface area contributed by atoms with E-state index in [-0.39, 0.29) is 11.8 Å². The van der Waals surface area contributed by atoms with E-state index < -0.39 is 33.9 Å². The van der Waals surface area contributed by atoms with Crippen LogP contribution in [0.4, 0.5) is 0 Å². The average molecular weight is 384 g/mol. The molecule has 0 saturated carbocycles. The summed E-state index contributed by atoms with van der Waals surface area (Å²) in [7, 11) is -3.68. The average Bonchev–Trinajstić information content (AvgIpc) is 3.18. The molecule has 0 spiro atoms. The quantitative estimate of drug-likeness (QED) is 0.728. The van der Waals surface area contributed by atoms with Crippen LogP contribution in [0.2, 0.25) is 0 Å². The molecular weight excluding hydrogens is 364 g/mol. The summed E-state index contributed by atoms with van der Waals surface area (Å²) in [4.78, 5) is 39.0. The number of sulfonamides is 1. The highest BCUT2D eigenvalue weighted by Crippen LogP contribution is 2.42. The lowest BCUT2D eigenvalue weighted by atomic mass is 9.88. The molecule has 3 rings (SSSR count). The van der Waals surface area contributed by atoms with E-state index in [1.165, 1.54) is 0 Å². The number of hydrogen-bond acceptors (Lipinski definition) is 6. The van der Waals surface area contributed by atoms with Crippen LogP contribution in [0.15, 0.2) is 12.1 Å². The van der Waals surface area contributed by atoms with Crippen LogP contribution in [0.3, 0.4) is 0 Å². The Morgan fingerprint density at radius 1 is 1.36 bits per heavy atom. The fourth-order valence-corrected chi connectivity index (χ4v) is 5.89. The minimum absolute atomic E-state index is 0.0889. The van der Waals surface area contributed by atoms with Gasteiger partial charge in [-0.2, -0.15) is 0 Å². The molecule has 3 heterocycles. The summed E-state index contributed by atoms with van der Waals surface area (Å²) in [5.74, 6) is -1.31. The highest BCUT2D eigenvalue weighted by Gasteiger charge is 2.58. The molecule has 3 atom stereocenters. The Balaban J connectivity index is 1.98. The summed E-state index contributed by atoms with van der Waals surface area (Å²) in [5.41, 5.74) is 0. The van der Waals surface area contributed by atoms with Gasteiger partial charge in [0, 0.05) is 6.54 Å². The first-order valence-corrected chi connectivity index (χ1v) is 10.7. The van der Waals surface area contributed by atoms with Crippen LogP contribution in [0.5, 0.6) is 0 Å². The summed E-state index contributed by atoms with van der Waals surface area (Å²) in [6.07, 6.45) is 2.16. The van der Waals surface area contributed by atoms with Gasteiger partial charge >= 0.3 is 0 Å². The molecule has 1 aromatic heterocycles. The second-order valence-corrected chi connectivity index (χ2v) is 9.81. The Hall–Kier alpha value is -1.74. The highest BCUT2D eigenvalue weighted by molar-refractivity contribution is 7.88. The van der Waals surface area contributed by atoms with Gasteiger partial charge in [-0.05, 0) is 24.5 Å². The van der Waals surface area contributed by atoms with E-state index in [0.29, 0.717) is 29.0 Å². The molecule has 2 aliphatic heterocycles. The Bertz CT molecular complexity index is 829.